The lowest BCUT2D eigenvalue weighted by atomic mass is 10.1. The minimum Gasteiger partial charge on any atom is -0.492 e. The zero-order valence-electron chi connectivity index (χ0n) is 18.2. The van der Waals surface area contributed by atoms with Crippen LogP contribution >= 0.6 is 0 Å². The first-order chi connectivity index (χ1) is 15.0. The van der Waals surface area contributed by atoms with E-state index in [0.717, 1.165) is 17.0 Å². The van der Waals surface area contributed by atoms with Crippen molar-refractivity contribution < 1.29 is 9.53 Å². The lowest BCUT2D eigenvalue weighted by Crippen LogP contribution is -2.31. The van der Waals surface area contributed by atoms with Gasteiger partial charge in [0, 0.05) is 17.0 Å². The number of nitrogens with zero attached hydrogens (tertiary/aromatic N) is 5. The number of benzene rings is 2. The van der Waals surface area contributed by atoms with E-state index in [4.69, 9.17) is 4.74 Å². The fourth-order valence-electron chi connectivity index (χ4n) is 3.49. The lowest BCUT2D eigenvalue weighted by Gasteiger charge is -2.24. The van der Waals surface area contributed by atoms with Gasteiger partial charge in [-0.1, -0.05) is 29.8 Å². The first-order valence-corrected chi connectivity index (χ1v) is 10.3. The van der Waals surface area contributed by atoms with Crippen LogP contribution in [-0.2, 0) is 6.54 Å². The van der Waals surface area contributed by atoms with Gasteiger partial charge >= 0.3 is 0 Å². The van der Waals surface area contributed by atoms with Gasteiger partial charge in [-0.3, -0.25) is 9.69 Å². The molecule has 2 heterocycles. The molecule has 0 aliphatic rings. The molecule has 31 heavy (non-hydrogen) atoms. The van der Waals surface area contributed by atoms with Gasteiger partial charge in [0.25, 0.3) is 11.7 Å². The smallest absolute Gasteiger partial charge is 0.258 e. The summed E-state index contributed by atoms with van der Waals surface area (Å²) in [6.45, 7) is 8.49. The highest BCUT2D eigenvalue weighted by molar-refractivity contribution is 6.06. The Kier molecular flexibility index (Phi) is 5.66. The Morgan fingerprint density at radius 2 is 1.77 bits per heavy atom. The molecule has 7 nitrogen and oxygen atoms in total. The number of hydrogen-bond donors (Lipinski definition) is 0. The summed E-state index contributed by atoms with van der Waals surface area (Å²) in [5.41, 5.74) is 4.17. The second-order valence-corrected chi connectivity index (χ2v) is 7.44. The summed E-state index contributed by atoms with van der Waals surface area (Å²) in [5, 5.41) is 4.59. The minimum absolute atomic E-state index is 0.146. The molecule has 4 aromatic rings. The van der Waals surface area contributed by atoms with Gasteiger partial charge in [0.15, 0.2) is 5.82 Å². The maximum absolute atomic E-state index is 13.5. The van der Waals surface area contributed by atoms with E-state index in [9.17, 15) is 4.79 Å². The SMILES string of the molecule is CCOc1ccccc1N(Cc1nc2nc(C)cc(C)n2n1)C(=O)c1ccc(C)cc1. The Morgan fingerprint density at radius 3 is 2.52 bits per heavy atom. The van der Waals surface area contributed by atoms with Crippen LogP contribution in [0.1, 0.15) is 40.1 Å². The maximum Gasteiger partial charge on any atom is 0.258 e. The largest absolute Gasteiger partial charge is 0.492 e. The van der Waals surface area contributed by atoms with Gasteiger partial charge in [-0.2, -0.15) is 4.98 Å². The first-order valence-electron chi connectivity index (χ1n) is 10.3. The number of ether oxygens (including phenoxy) is 1. The molecular weight excluding hydrogens is 390 g/mol. The summed E-state index contributed by atoms with van der Waals surface area (Å²) in [5.74, 6) is 1.52. The summed E-state index contributed by atoms with van der Waals surface area (Å²) < 4.78 is 7.50. The predicted octanol–water partition coefficient (Wildman–Crippen LogP) is 4.30. The van der Waals surface area contributed by atoms with Crippen molar-refractivity contribution in [2.75, 3.05) is 11.5 Å². The van der Waals surface area contributed by atoms with Crippen LogP contribution in [0.3, 0.4) is 0 Å². The van der Waals surface area contributed by atoms with Crippen LogP contribution in [0.5, 0.6) is 5.75 Å². The van der Waals surface area contributed by atoms with Crippen LogP contribution in [0.15, 0.2) is 54.6 Å². The number of carbonyl (C=O) groups excluding carboxylic acids is 1. The quantitative estimate of drug-likeness (QED) is 0.470. The molecule has 0 fully saturated rings. The van der Waals surface area contributed by atoms with Gasteiger partial charge < -0.3 is 4.74 Å². The van der Waals surface area contributed by atoms with E-state index in [2.05, 4.69) is 15.1 Å². The number of amides is 1. The van der Waals surface area contributed by atoms with E-state index in [-0.39, 0.29) is 12.5 Å². The molecule has 0 atom stereocenters. The van der Waals surface area contributed by atoms with Gasteiger partial charge in [-0.15, -0.1) is 5.10 Å². The monoisotopic (exact) mass is 415 g/mol. The number of hydrogen-bond acceptors (Lipinski definition) is 5. The van der Waals surface area contributed by atoms with Crippen molar-refractivity contribution >= 4 is 17.4 Å². The van der Waals surface area contributed by atoms with E-state index in [1.54, 1.807) is 9.42 Å². The molecule has 0 spiro atoms. The molecule has 158 valence electrons. The second-order valence-electron chi connectivity index (χ2n) is 7.44. The standard InChI is InChI=1S/C24H25N5O2/c1-5-31-21-9-7-6-8-20(21)28(23(30)19-12-10-16(2)11-13-19)15-22-26-24-25-17(3)14-18(4)29(24)27-22/h6-14H,5,15H2,1-4H3. The van der Waals surface area contributed by atoms with Crippen LogP contribution in [0.4, 0.5) is 5.69 Å². The van der Waals surface area contributed by atoms with Gasteiger partial charge in [0.1, 0.15) is 5.75 Å². The van der Waals surface area contributed by atoms with Crippen molar-refractivity contribution in [2.24, 2.45) is 0 Å². The zero-order valence-corrected chi connectivity index (χ0v) is 18.2. The van der Waals surface area contributed by atoms with Crippen LogP contribution in [0, 0.1) is 20.8 Å². The number of rotatable bonds is 6. The Balaban J connectivity index is 1.78. The summed E-state index contributed by atoms with van der Waals surface area (Å²) in [6.07, 6.45) is 0. The Morgan fingerprint density at radius 1 is 1.03 bits per heavy atom. The van der Waals surface area contributed by atoms with Crippen LogP contribution in [0.25, 0.3) is 5.78 Å². The molecule has 1 amide bonds. The molecule has 2 aromatic heterocycles. The summed E-state index contributed by atoms with van der Waals surface area (Å²) in [6, 6.07) is 17.0. The van der Waals surface area contributed by atoms with Crippen molar-refractivity contribution in [1.82, 2.24) is 19.6 Å². The molecule has 4 rings (SSSR count). The molecule has 0 saturated heterocycles. The predicted molar refractivity (Wildman–Crippen MR) is 120 cm³/mol. The molecule has 0 saturated carbocycles. The second kappa shape index (κ2) is 8.55. The van der Waals surface area contributed by atoms with Crippen molar-refractivity contribution in [2.45, 2.75) is 34.2 Å². The van der Waals surface area contributed by atoms with Crippen molar-refractivity contribution in [3.63, 3.8) is 0 Å². The fourth-order valence-corrected chi connectivity index (χ4v) is 3.49. The minimum atomic E-state index is -0.146. The van der Waals surface area contributed by atoms with E-state index < -0.39 is 0 Å². The van der Waals surface area contributed by atoms with Gasteiger partial charge in [-0.05, 0) is 58.0 Å². The highest BCUT2D eigenvalue weighted by atomic mass is 16.5. The fraction of sp³-hybridized carbons (Fsp3) is 0.250. The Hall–Kier alpha value is -3.74. The van der Waals surface area contributed by atoms with Crippen LogP contribution < -0.4 is 9.64 Å². The Bertz CT molecular complexity index is 1230. The van der Waals surface area contributed by atoms with E-state index in [1.165, 1.54) is 0 Å². The average molecular weight is 415 g/mol. The number of aryl methyl sites for hydroxylation is 3. The number of para-hydroxylation sites is 2. The topological polar surface area (TPSA) is 72.6 Å². The lowest BCUT2D eigenvalue weighted by molar-refractivity contribution is 0.0983. The third-order valence-electron chi connectivity index (χ3n) is 4.96. The summed E-state index contributed by atoms with van der Waals surface area (Å²) in [4.78, 5) is 24.2. The molecule has 0 N–H and O–H groups in total. The zero-order chi connectivity index (χ0) is 22.0. The molecule has 0 radical (unpaired) electrons. The van der Waals surface area contributed by atoms with Crippen molar-refractivity contribution in [1.29, 1.82) is 0 Å². The highest BCUT2D eigenvalue weighted by Gasteiger charge is 2.23. The van der Waals surface area contributed by atoms with Crippen LogP contribution in [0.2, 0.25) is 0 Å². The summed E-state index contributed by atoms with van der Waals surface area (Å²) in [7, 11) is 0. The number of fused-ring (bicyclic) bond motifs is 1. The molecule has 0 bridgehead atoms. The maximum atomic E-state index is 13.5. The number of aromatic nitrogens is 4. The van der Waals surface area contributed by atoms with Crippen molar-refractivity contribution in [3.8, 4) is 5.75 Å². The molecule has 0 unspecified atom stereocenters. The molecular formula is C24H25N5O2. The van der Waals surface area contributed by atoms with Gasteiger partial charge in [0.05, 0.1) is 18.8 Å². The third kappa shape index (κ3) is 4.26. The van der Waals surface area contributed by atoms with Crippen molar-refractivity contribution in [3.05, 3.63) is 82.9 Å². The number of carbonyl (C=O) groups is 1. The Labute approximate surface area is 181 Å². The third-order valence-corrected chi connectivity index (χ3v) is 4.96. The normalized spacial score (nSPS) is 11.0. The molecule has 0 aliphatic heterocycles. The number of anilines is 1. The van der Waals surface area contributed by atoms with E-state index in [0.29, 0.717) is 35.2 Å². The molecule has 7 heteroatoms. The first kappa shape index (κ1) is 20.5. The van der Waals surface area contributed by atoms with E-state index >= 15 is 0 Å². The van der Waals surface area contributed by atoms with Gasteiger partial charge in [0.2, 0.25) is 0 Å². The average Bonchev–Trinajstić information content (AvgIpc) is 3.16. The molecule has 2 aromatic carbocycles. The van der Waals surface area contributed by atoms with E-state index in [1.807, 2.05) is 82.3 Å². The molecule has 0 aliphatic carbocycles. The van der Waals surface area contributed by atoms with Crippen LogP contribution in [-0.4, -0.2) is 32.1 Å². The van der Waals surface area contributed by atoms with Gasteiger partial charge in [-0.25, -0.2) is 9.50 Å². The highest BCUT2D eigenvalue weighted by Crippen LogP contribution is 2.30. The summed E-state index contributed by atoms with van der Waals surface area (Å²) >= 11 is 0.